The maximum absolute atomic E-state index is 10.7. The van der Waals surface area contributed by atoms with E-state index in [1.807, 2.05) is 12.1 Å². The van der Waals surface area contributed by atoms with Crippen LogP contribution >= 0.6 is 0 Å². The second-order valence-corrected chi connectivity index (χ2v) is 6.81. The Morgan fingerprint density at radius 3 is 1.37 bits per heavy atom. The Balaban J connectivity index is -0.000000198. The Morgan fingerprint density at radius 1 is 0.829 bits per heavy atom. The Labute approximate surface area is 212 Å². The maximum Gasteiger partial charge on any atom is 0.0964 e. The van der Waals surface area contributed by atoms with Gasteiger partial charge in [0.05, 0.1) is 11.0 Å². The molecule has 0 unspecified atom stereocenters. The molecule has 0 bridgehead atoms. The molecular formula is C20H18F3N2O8ReS-. The number of rotatable bonds is 0. The van der Waals surface area contributed by atoms with E-state index >= 15 is 0 Å². The van der Waals surface area contributed by atoms with Crippen molar-refractivity contribution in [3.63, 3.8) is 0 Å². The number of alkyl halides is 3. The van der Waals surface area contributed by atoms with Crippen molar-refractivity contribution >= 4 is 31.9 Å². The SMILES string of the molecule is C1CCOC1.O.O=S(=O)([O-])C(F)(F)F.[C-]#[O+].[C-]#[O+].[C-]#[O+].[Re].c1cnc2c(c1)ccc1cccnc12. The van der Waals surface area contributed by atoms with Gasteiger partial charge < -0.3 is 14.8 Å². The van der Waals surface area contributed by atoms with E-state index < -0.39 is 15.6 Å². The molecule has 1 saturated heterocycles. The summed E-state index contributed by atoms with van der Waals surface area (Å²) in [6, 6.07) is 12.1. The number of hydrogen-bond acceptors (Lipinski definition) is 6. The predicted molar refractivity (Wildman–Crippen MR) is 108 cm³/mol. The third-order valence-corrected chi connectivity index (χ3v) is 4.02. The molecule has 0 atom stereocenters. The van der Waals surface area contributed by atoms with Crippen molar-refractivity contribution in [1.29, 1.82) is 0 Å². The summed E-state index contributed by atoms with van der Waals surface area (Å²) in [5.41, 5.74) is -3.69. The molecule has 3 heterocycles. The van der Waals surface area contributed by atoms with Crippen molar-refractivity contribution in [2.24, 2.45) is 0 Å². The summed E-state index contributed by atoms with van der Waals surface area (Å²) in [6.07, 6.45) is 6.16. The molecule has 10 nitrogen and oxygen atoms in total. The van der Waals surface area contributed by atoms with E-state index in [-0.39, 0.29) is 25.9 Å². The molecule has 1 aromatic carbocycles. The topological polar surface area (TPSA) is 183 Å². The number of ether oxygens (including phenoxy) is 1. The molecule has 1 aliphatic heterocycles. The third kappa shape index (κ3) is 15.2. The predicted octanol–water partition coefficient (Wildman–Crippen LogP) is 2.69. The molecule has 3 aromatic rings. The molecule has 1 fully saturated rings. The first kappa shape index (κ1) is 39.7. The van der Waals surface area contributed by atoms with Crippen LogP contribution in [0.4, 0.5) is 13.2 Å². The van der Waals surface area contributed by atoms with Gasteiger partial charge in [-0.2, -0.15) is 13.2 Å². The summed E-state index contributed by atoms with van der Waals surface area (Å²) in [6.45, 7) is 15.5. The first-order chi connectivity index (χ1) is 15.7. The second-order valence-electron chi connectivity index (χ2n) is 5.44. The molecule has 0 spiro atoms. The van der Waals surface area contributed by atoms with Crippen molar-refractivity contribution in [2.45, 2.75) is 18.3 Å². The quantitative estimate of drug-likeness (QED) is 0.115. The van der Waals surface area contributed by atoms with E-state index in [2.05, 4.69) is 54.2 Å². The minimum atomic E-state index is -6.09. The Kier molecular flexibility index (Phi) is 25.0. The fourth-order valence-corrected chi connectivity index (χ4v) is 2.19. The Bertz CT molecular complexity index is 1060. The van der Waals surface area contributed by atoms with Crippen molar-refractivity contribution in [1.82, 2.24) is 9.97 Å². The van der Waals surface area contributed by atoms with Crippen LogP contribution in [-0.2, 0) is 49.2 Å². The molecular weight excluding hydrogens is 671 g/mol. The summed E-state index contributed by atoms with van der Waals surface area (Å²) in [5, 5.41) is 2.28. The zero-order valence-electron chi connectivity index (χ0n) is 17.6. The van der Waals surface area contributed by atoms with Crippen LogP contribution in [0.25, 0.3) is 21.8 Å². The van der Waals surface area contributed by atoms with Gasteiger partial charge in [0.15, 0.2) is 10.1 Å². The van der Waals surface area contributed by atoms with Crippen LogP contribution in [0.15, 0.2) is 48.8 Å². The van der Waals surface area contributed by atoms with Gasteiger partial charge in [-0.3, -0.25) is 9.97 Å². The first-order valence-corrected chi connectivity index (χ1v) is 9.90. The molecule has 35 heavy (non-hydrogen) atoms. The molecule has 1 radical (unpaired) electrons. The summed E-state index contributed by atoms with van der Waals surface area (Å²) < 4.78 is 86.3. The summed E-state index contributed by atoms with van der Waals surface area (Å²) in [7, 11) is -6.09. The fraction of sp³-hybridized carbons (Fsp3) is 0.250. The van der Waals surface area contributed by atoms with Crippen molar-refractivity contribution in [3.8, 4) is 0 Å². The number of nitrogens with zero attached hydrogens (tertiary/aromatic N) is 2. The minimum absolute atomic E-state index is 0. The second kappa shape index (κ2) is 22.0. The summed E-state index contributed by atoms with van der Waals surface area (Å²) >= 11 is 0. The van der Waals surface area contributed by atoms with Crippen LogP contribution in [0.2, 0.25) is 0 Å². The molecule has 1 aliphatic rings. The number of benzene rings is 1. The number of fused-ring (bicyclic) bond motifs is 3. The average Bonchev–Trinajstić information content (AvgIpc) is 3.43. The van der Waals surface area contributed by atoms with Crippen LogP contribution < -0.4 is 0 Å². The van der Waals surface area contributed by atoms with E-state index in [1.54, 1.807) is 12.4 Å². The average molecular weight is 690 g/mol. The van der Waals surface area contributed by atoms with Crippen LogP contribution in [0.5, 0.6) is 0 Å². The van der Waals surface area contributed by atoms with Gasteiger partial charge in [-0.25, -0.2) is 8.42 Å². The monoisotopic (exact) mass is 690 g/mol. The van der Waals surface area contributed by atoms with Crippen LogP contribution in [0.3, 0.4) is 0 Å². The summed E-state index contributed by atoms with van der Waals surface area (Å²) in [5.74, 6) is 0. The van der Waals surface area contributed by atoms with E-state index in [0.717, 1.165) is 35.0 Å². The summed E-state index contributed by atoms with van der Waals surface area (Å²) in [4.78, 5) is 8.69. The third-order valence-electron chi connectivity index (χ3n) is 3.46. The van der Waals surface area contributed by atoms with Gasteiger partial charge in [0.2, 0.25) is 0 Å². The van der Waals surface area contributed by atoms with Gasteiger partial charge in [-0.15, -0.1) is 0 Å². The van der Waals surface area contributed by atoms with E-state index in [9.17, 15) is 13.2 Å². The molecule has 4 rings (SSSR count). The van der Waals surface area contributed by atoms with Gasteiger partial charge in [-0.1, -0.05) is 24.3 Å². The van der Waals surface area contributed by atoms with Crippen LogP contribution in [-0.4, -0.2) is 47.1 Å². The normalized spacial score (nSPS) is 11.1. The van der Waals surface area contributed by atoms with Crippen LogP contribution in [0, 0.1) is 20.0 Å². The largest absolute Gasteiger partial charge is 0.254 e. The van der Waals surface area contributed by atoms with E-state index in [0.29, 0.717) is 0 Å². The number of hydrogen-bond donors (Lipinski definition) is 0. The maximum atomic E-state index is 10.7. The van der Waals surface area contributed by atoms with Gasteiger partial charge >= 0.3 is 39.4 Å². The smallest absolute Gasteiger partial charge is 0.0964 e. The Morgan fingerprint density at radius 2 is 1.14 bits per heavy atom. The molecule has 0 amide bonds. The van der Waals surface area contributed by atoms with Crippen molar-refractivity contribution in [2.75, 3.05) is 13.2 Å². The molecule has 0 saturated carbocycles. The standard InChI is InChI=1S/C12H8N2.C4H8O.CHF3O3S.3CO.H2O.Re/c1-3-9-5-6-10-4-2-8-14-12(10)11(9)13-7-1;1-2-4-5-3-1;2-1(3,4)8(5,6)7;3*1-2;;/h1-8H;1-4H2;(H,5,6,7);;;;1H2;/p-1. The molecule has 0 aliphatic carbocycles. The number of halogens is 3. The molecule has 2 aromatic heterocycles. The van der Waals surface area contributed by atoms with Crippen molar-refractivity contribution in [3.05, 3.63) is 68.7 Å². The number of aromatic nitrogens is 2. The van der Waals surface area contributed by atoms with E-state index in [1.165, 1.54) is 12.8 Å². The fourth-order valence-electron chi connectivity index (χ4n) is 2.19. The van der Waals surface area contributed by atoms with Crippen LogP contribution in [0.1, 0.15) is 12.8 Å². The van der Waals surface area contributed by atoms with Gasteiger partial charge in [-0.05, 0) is 25.0 Å². The molecule has 15 heteroatoms. The van der Waals surface area contributed by atoms with Crippen molar-refractivity contribution < 1.29 is 70.7 Å². The van der Waals surface area contributed by atoms with E-state index in [4.69, 9.17) is 31.7 Å². The molecule has 191 valence electrons. The van der Waals surface area contributed by atoms with Gasteiger partial charge in [0, 0.05) is 56.8 Å². The van der Waals surface area contributed by atoms with Gasteiger partial charge in [0.1, 0.15) is 0 Å². The number of pyridine rings is 2. The Hall–Kier alpha value is -2.46. The zero-order valence-corrected chi connectivity index (χ0v) is 21.2. The zero-order chi connectivity index (χ0) is 25.9. The minimum Gasteiger partial charge on any atom is -0.254 e. The van der Waals surface area contributed by atoms with Gasteiger partial charge in [0.25, 0.3) is 0 Å². The first-order valence-electron chi connectivity index (χ1n) is 8.50. The molecule has 2 N–H and O–H groups in total.